The van der Waals surface area contributed by atoms with Crippen molar-refractivity contribution in [3.05, 3.63) is 22.6 Å². The molecular weight excluding hydrogens is 256 g/mol. The van der Waals surface area contributed by atoms with Crippen LogP contribution < -0.4 is 15.8 Å². The van der Waals surface area contributed by atoms with Gasteiger partial charge in [-0.15, -0.1) is 0 Å². The Hall–Kier alpha value is -1.40. The van der Waals surface area contributed by atoms with Crippen LogP contribution in [0.4, 0.5) is 5.69 Å². The number of nitrogens with zero attached hydrogens (tertiary/aromatic N) is 3. The predicted molar refractivity (Wildman–Crippen MR) is 77.1 cm³/mol. The van der Waals surface area contributed by atoms with Crippen molar-refractivity contribution in [1.29, 1.82) is 0 Å². The monoisotopic (exact) mass is 278 g/mol. The summed E-state index contributed by atoms with van der Waals surface area (Å²) in [6, 6.07) is 2.35. The molecule has 0 bridgehead atoms. The maximum absolute atomic E-state index is 12.1. The van der Waals surface area contributed by atoms with Gasteiger partial charge in [0.25, 0.3) is 5.56 Å². The van der Waals surface area contributed by atoms with Gasteiger partial charge in [-0.25, -0.2) is 4.68 Å². The minimum absolute atomic E-state index is 0.0269. The Balaban J connectivity index is 1.60. The summed E-state index contributed by atoms with van der Waals surface area (Å²) in [6.07, 6.45) is 5.58. The number of nitrogens with one attached hydrogen (secondary N) is 1. The molecule has 0 radical (unpaired) electrons. The highest BCUT2D eigenvalue weighted by Crippen LogP contribution is 2.19. The molecule has 1 saturated heterocycles. The van der Waals surface area contributed by atoms with Crippen molar-refractivity contribution < 1.29 is 4.74 Å². The number of methoxy groups -OCH3 is 1. The quantitative estimate of drug-likeness (QED) is 0.806. The van der Waals surface area contributed by atoms with Crippen LogP contribution in [-0.2, 0) is 11.3 Å². The molecule has 1 aliphatic carbocycles. The first kappa shape index (κ1) is 13.6. The van der Waals surface area contributed by atoms with Crippen molar-refractivity contribution in [2.75, 3.05) is 31.6 Å². The maximum Gasteiger partial charge on any atom is 0.268 e. The Morgan fingerprint density at radius 1 is 1.45 bits per heavy atom. The summed E-state index contributed by atoms with van der Waals surface area (Å²) in [5.74, 6) is 0. The number of hydrogen-bond donors (Lipinski definition) is 1. The zero-order valence-corrected chi connectivity index (χ0v) is 11.9. The first-order valence-corrected chi connectivity index (χ1v) is 7.34. The van der Waals surface area contributed by atoms with E-state index in [2.05, 4.69) is 15.3 Å². The lowest BCUT2D eigenvalue weighted by Gasteiger charge is -2.18. The molecule has 1 aliphatic heterocycles. The van der Waals surface area contributed by atoms with E-state index in [1.54, 1.807) is 19.4 Å². The van der Waals surface area contributed by atoms with Crippen molar-refractivity contribution in [3.8, 4) is 0 Å². The van der Waals surface area contributed by atoms with E-state index in [-0.39, 0.29) is 11.7 Å². The summed E-state index contributed by atoms with van der Waals surface area (Å²) in [5.41, 5.74) is 0.877. The molecule has 2 heterocycles. The summed E-state index contributed by atoms with van der Waals surface area (Å²) in [5, 5.41) is 7.66. The molecule has 1 atom stereocenters. The van der Waals surface area contributed by atoms with E-state index in [9.17, 15) is 4.79 Å². The molecule has 6 heteroatoms. The van der Waals surface area contributed by atoms with Crippen LogP contribution >= 0.6 is 0 Å². The fourth-order valence-corrected chi connectivity index (χ4v) is 2.58. The number of ether oxygens (including phenoxy) is 1. The summed E-state index contributed by atoms with van der Waals surface area (Å²) in [4.78, 5) is 14.2. The lowest BCUT2D eigenvalue weighted by molar-refractivity contribution is 0.121. The van der Waals surface area contributed by atoms with Crippen LogP contribution in [0.1, 0.15) is 19.3 Å². The topological polar surface area (TPSA) is 59.4 Å². The van der Waals surface area contributed by atoms with Crippen molar-refractivity contribution in [2.24, 2.45) is 0 Å². The summed E-state index contributed by atoms with van der Waals surface area (Å²) < 4.78 is 6.88. The predicted octanol–water partition coefficient (Wildman–Crippen LogP) is 0.220. The lowest BCUT2D eigenvalue weighted by Crippen LogP contribution is -2.31. The number of aromatic nitrogens is 2. The Labute approximate surface area is 118 Å². The normalized spacial score (nSPS) is 22.4. The highest BCUT2D eigenvalue weighted by Gasteiger charge is 2.23. The Morgan fingerprint density at radius 2 is 2.30 bits per heavy atom. The number of hydrogen-bond acceptors (Lipinski definition) is 5. The van der Waals surface area contributed by atoms with Gasteiger partial charge in [-0.05, 0) is 19.3 Å². The number of rotatable bonds is 6. The second-order valence-corrected chi connectivity index (χ2v) is 5.60. The largest absolute Gasteiger partial charge is 0.380 e. The molecule has 3 rings (SSSR count). The lowest BCUT2D eigenvalue weighted by atomic mass is 10.3. The molecule has 1 N–H and O–H groups in total. The van der Waals surface area contributed by atoms with Gasteiger partial charge >= 0.3 is 0 Å². The third kappa shape index (κ3) is 3.19. The molecule has 0 aromatic carbocycles. The third-order valence-corrected chi connectivity index (χ3v) is 4.03. The zero-order chi connectivity index (χ0) is 13.9. The molecular formula is C14H22N4O2. The summed E-state index contributed by atoms with van der Waals surface area (Å²) >= 11 is 0. The van der Waals surface area contributed by atoms with Gasteiger partial charge in [0.15, 0.2) is 0 Å². The standard InChI is InChI=1S/C14H22N4O2/c1-20-13-4-6-17(10-13)12-8-14(19)18(16-9-12)7-5-15-11-2-3-11/h8-9,11,13,15H,2-7,10H2,1H3. The van der Waals surface area contributed by atoms with Crippen molar-refractivity contribution in [3.63, 3.8) is 0 Å². The van der Waals surface area contributed by atoms with E-state index in [1.807, 2.05) is 0 Å². The van der Waals surface area contributed by atoms with Crippen molar-refractivity contribution >= 4 is 5.69 Å². The van der Waals surface area contributed by atoms with Gasteiger partial charge in [-0.2, -0.15) is 5.10 Å². The molecule has 1 unspecified atom stereocenters. The van der Waals surface area contributed by atoms with Gasteiger partial charge in [0.05, 0.1) is 24.5 Å². The Kier molecular flexibility index (Phi) is 4.03. The van der Waals surface area contributed by atoms with Crippen LogP contribution in [0.3, 0.4) is 0 Å². The SMILES string of the molecule is COC1CCN(c2cnn(CCNC3CC3)c(=O)c2)C1. The minimum atomic E-state index is -0.0269. The Bertz CT molecular complexity index is 512. The minimum Gasteiger partial charge on any atom is -0.380 e. The van der Waals surface area contributed by atoms with Gasteiger partial charge in [0.2, 0.25) is 0 Å². The number of anilines is 1. The van der Waals surface area contributed by atoms with Crippen LogP contribution in [0.2, 0.25) is 0 Å². The molecule has 20 heavy (non-hydrogen) atoms. The first-order chi connectivity index (χ1) is 9.76. The van der Waals surface area contributed by atoms with Crippen LogP contribution in [0.5, 0.6) is 0 Å². The first-order valence-electron chi connectivity index (χ1n) is 7.34. The van der Waals surface area contributed by atoms with Crippen molar-refractivity contribution in [2.45, 2.75) is 38.0 Å². The molecule has 0 spiro atoms. The second-order valence-electron chi connectivity index (χ2n) is 5.60. The third-order valence-electron chi connectivity index (χ3n) is 4.03. The molecule has 1 aromatic rings. The van der Waals surface area contributed by atoms with Crippen LogP contribution in [0.25, 0.3) is 0 Å². The molecule has 2 fully saturated rings. The maximum atomic E-state index is 12.1. The fourth-order valence-electron chi connectivity index (χ4n) is 2.58. The van der Waals surface area contributed by atoms with E-state index >= 15 is 0 Å². The molecule has 1 aromatic heterocycles. The van der Waals surface area contributed by atoms with Gasteiger partial charge < -0.3 is 15.0 Å². The summed E-state index contributed by atoms with van der Waals surface area (Å²) in [7, 11) is 1.73. The average molecular weight is 278 g/mol. The molecule has 110 valence electrons. The highest BCUT2D eigenvalue weighted by molar-refractivity contribution is 5.44. The second kappa shape index (κ2) is 5.93. The average Bonchev–Trinajstić information content (AvgIpc) is 3.15. The van der Waals surface area contributed by atoms with Gasteiger partial charge in [0.1, 0.15) is 0 Å². The van der Waals surface area contributed by atoms with E-state index in [0.29, 0.717) is 12.6 Å². The molecule has 2 aliphatic rings. The summed E-state index contributed by atoms with van der Waals surface area (Å²) in [6.45, 7) is 3.21. The molecule has 6 nitrogen and oxygen atoms in total. The van der Waals surface area contributed by atoms with Crippen LogP contribution in [0.15, 0.2) is 17.1 Å². The van der Waals surface area contributed by atoms with Gasteiger partial charge in [-0.1, -0.05) is 0 Å². The van der Waals surface area contributed by atoms with E-state index in [1.165, 1.54) is 17.5 Å². The van der Waals surface area contributed by atoms with E-state index < -0.39 is 0 Å². The molecule has 0 amide bonds. The Morgan fingerprint density at radius 3 is 2.95 bits per heavy atom. The smallest absolute Gasteiger partial charge is 0.268 e. The van der Waals surface area contributed by atoms with Crippen LogP contribution in [-0.4, -0.2) is 48.7 Å². The highest BCUT2D eigenvalue weighted by atomic mass is 16.5. The van der Waals surface area contributed by atoms with E-state index in [4.69, 9.17) is 4.74 Å². The van der Waals surface area contributed by atoms with Gasteiger partial charge in [-0.3, -0.25) is 4.79 Å². The fraction of sp³-hybridized carbons (Fsp3) is 0.714. The molecule has 1 saturated carbocycles. The van der Waals surface area contributed by atoms with Gasteiger partial charge in [0, 0.05) is 38.9 Å². The van der Waals surface area contributed by atoms with Crippen molar-refractivity contribution in [1.82, 2.24) is 15.1 Å². The van der Waals surface area contributed by atoms with E-state index in [0.717, 1.165) is 31.7 Å². The van der Waals surface area contributed by atoms with Crippen LogP contribution in [0, 0.1) is 0 Å². The zero-order valence-electron chi connectivity index (χ0n) is 11.9.